The number of methoxy groups -OCH3 is 1. The van der Waals surface area contributed by atoms with Crippen molar-refractivity contribution < 1.29 is 14.3 Å². The van der Waals surface area contributed by atoms with Crippen LogP contribution in [0.15, 0.2) is 47.5 Å². The molecular weight excluding hydrogens is 412 g/mol. The maximum Gasteiger partial charge on any atom is 0.230 e. The Balaban J connectivity index is 1.48. The number of nitrogens with one attached hydrogen (secondary N) is 1. The molecule has 1 N–H and O–H groups in total. The van der Waals surface area contributed by atoms with Gasteiger partial charge < -0.3 is 10.1 Å². The van der Waals surface area contributed by atoms with Crippen molar-refractivity contribution in [3.63, 3.8) is 0 Å². The SMILES string of the molecule is COc1ccc2c(c1)C(CC(=O)c1ccc(NC(=O)C3(C)CCCCC3)cc1)=NC(C)(C)C2. The van der Waals surface area contributed by atoms with Gasteiger partial charge in [-0.1, -0.05) is 32.3 Å². The van der Waals surface area contributed by atoms with Gasteiger partial charge in [-0.25, -0.2) is 0 Å². The van der Waals surface area contributed by atoms with Gasteiger partial charge >= 0.3 is 0 Å². The van der Waals surface area contributed by atoms with Crippen molar-refractivity contribution in [3.05, 3.63) is 59.2 Å². The van der Waals surface area contributed by atoms with Crippen molar-refractivity contribution in [3.8, 4) is 5.75 Å². The van der Waals surface area contributed by atoms with E-state index in [4.69, 9.17) is 9.73 Å². The third-order valence-electron chi connectivity index (χ3n) is 6.99. The van der Waals surface area contributed by atoms with E-state index in [1.165, 1.54) is 12.0 Å². The van der Waals surface area contributed by atoms with Crippen molar-refractivity contribution in [2.24, 2.45) is 10.4 Å². The second kappa shape index (κ2) is 9.12. The third kappa shape index (κ3) is 5.18. The summed E-state index contributed by atoms with van der Waals surface area (Å²) in [4.78, 5) is 30.8. The van der Waals surface area contributed by atoms with Gasteiger partial charge in [0.25, 0.3) is 0 Å². The van der Waals surface area contributed by atoms with Crippen LogP contribution in [0.2, 0.25) is 0 Å². The summed E-state index contributed by atoms with van der Waals surface area (Å²) in [6.45, 7) is 6.24. The van der Waals surface area contributed by atoms with Gasteiger partial charge in [0.05, 0.1) is 24.8 Å². The number of hydrogen-bond donors (Lipinski definition) is 1. The molecule has 0 saturated heterocycles. The number of aliphatic imine (C=N–C) groups is 1. The van der Waals surface area contributed by atoms with Gasteiger partial charge in [-0.3, -0.25) is 14.6 Å². The Morgan fingerprint density at radius 3 is 2.36 bits per heavy atom. The lowest BCUT2D eigenvalue weighted by Gasteiger charge is -2.32. The lowest BCUT2D eigenvalue weighted by atomic mass is 9.75. The van der Waals surface area contributed by atoms with Gasteiger partial charge in [0.2, 0.25) is 5.91 Å². The Bertz CT molecular complexity index is 1080. The minimum Gasteiger partial charge on any atom is -0.497 e. The topological polar surface area (TPSA) is 67.8 Å². The molecule has 1 fully saturated rings. The van der Waals surface area contributed by atoms with Crippen molar-refractivity contribution in [2.75, 3.05) is 12.4 Å². The predicted octanol–water partition coefficient (Wildman–Crippen LogP) is 6.00. The molecule has 4 rings (SSSR count). The predicted molar refractivity (Wildman–Crippen MR) is 133 cm³/mol. The molecule has 5 heteroatoms. The van der Waals surface area contributed by atoms with E-state index in [1.54, 1.807) is 19.2 Å². The molecule has 0 aromatic heterocycles. The third-order valence-corrected chi connectivity index (χ3v) is 6.99. The molecule has 2 aliphatic rings. The van der Waals surface area contributed by atoms with Crippen LogP contribution in [0.5, 0.6) is 5.75 Å². The second-order valence-electron chi connectivity index (χ2n) is 10.3. The molecule has 174 valence electrons. The van der Waals surface area contributed by atoms with Crippen LogP contribution in [-0.2, 0) is 11.2 Å². The number of benzene rings is 2. The number of amides is 1. The molecule has 0 bridgehead atoms. The number of Topliss-reactive ketones (excluding diaryl/α,β-unsaturated/α-hetero) is 1. The van der Waals surface area contributed by atoms with Crippen molar-refractivity contribution in [1.82, 2.24) is 0 Å². The molecule has 0 radical (unpaired) electrons. The first-order chi connectivity index (χ1) is 15.7. The number of fused-ring (bicyclic) bond motifs is 1. The summed E-state index contributed by atoms with van der Waals surface area (Å²) >= 11 is 0. The van der Waals surface area contributed by atoms with E-state index >= 15 is 0 Å². The smallest absolute Gasteiger partial charge is 0.230 e. The maximum atomic E-state index is 13.1. The second-order valence-corrected chi connectivity index (χ2v) is 10.3. The summed E-state index contributed by atoms with van der Waals surface area (Å²) in [5, 5.41) is 3.05. The summed E-state index contributed by atoms with van der Waals surface area (Å²) in [6.07, 6.45) is 6.34. The van der Waals surface area contributed by atoms with E-state index in [-0.39, 0.29) is 29.1 Å². The van der Waals surface area contributed by atoms with Gasteiger partial charge in [0.15, 0.2) is 5.78 Å². The highest BCUT2D eigenvalue weighted by molar-refractivity contribution is 6.17. The maximum absolute atomic E-state index is 13.1. The lowest BCUT2D eigenvalue weighted by Crippen LogP contribution is -2.35. The highest BCUT2D eigenvalue weighted by Crippen LogP contribution is 2.37. The molecule has 0 spiro atoms. The Labute approximate surface area is 196 Å². The largest absolute Gasteiger partial charge is 0.497 e. The molecule has 1 aliphatic heterocycles. The fourth-order valence-corrected chi connectivity index (χ4v) is 5.01. The Morgan fingerprint density at radius 2 is 1.70 bits per heavy atom. The Kier molecular flexibility index (Phi) is 6.42. The number of hydrogen-bond acceptors (Lipinski definition) is 4. The number of ether oxygens (including phenoxy) is 1. The zero-order chi connectivity index (χ0) is 23.6. The number of carbonyl (C=O) groups excluding carboxylic acids is 2. The summed E-state index contributed by atoms with van der Waals surface area (Å²) in [5.74, 6) is 0.850. The van der Waals surface area contributed by atoms with Gasteiger partial charge in [-0.05, 0) is 75.1 Å². The van der Waals surface area contributed by atoms with E-state index in [9.17, 15) is 9.59 Å². The van der Waals surface area contributed by atoms with Gasteiger partial charge in [0, 0.05) is 22.2 Å². The molecule has 0 unspecified atom stereocenters. The molecule has 1 saturated carbocycles. The van der Waals surface area contributed by atoms with Crippen LogP contribution in [0, 0.1) is 5.41 Å². The fourth-order valence-electron chi connectivity index (χ4n) is 5.01. The normalized spacial score (nSPS) is 18.6. The number of carbonyl (C=O) groups is 2. The van der Waals surface area contributed by atoms with E-state index in [0.29, 0.717) is 5.56 Å². The van der Waals surface area contributed by atoms with Crippen LogP contribution in [0.25, 0.3) is 0 Å². The number of nitrogens with zero attached hydrogens (tertiary/aromatic N) is 1. The summed E-state index contributed by atoms with van der Waals surface area (Å²) in [5.41, 5.74) is 3.78. The van der Waals surface area contributed by atoms with Crippen LogP contribution in [0.4, 0.5) is 5.69 Å². The van der Waals surface area contributed by atoms with Gasteiger partial charge in [0.1, 0.15) is 5.75 Å². The van der Waals surface area contributed by atoms with Crippen molar-refractivity contribution in [2.45, 2.75) is 71.3 Å². The first-order valence-corrected chi connectivity index (χ1v) is 11.9. The highest BCUT2D eigenvalue weighted by atomic mass is 16.5. The standard InChI is InChI=1S/C28H34N2O3/c1-27(2)18-20-10-13-22(33-4)16-23(20)24(30-27)17-25(31)19-8-11-21(12-9-19)29-26(32)28(3)14-6-5-7-15-28/h8-13,16H,5-7,14-15,17-18H2,1-4H3,(H,29,32). The minimum absolute atomic E-state index is 0.0114. The first kappa shape index (κ1) is 23.2. The zero-order valence-corrected chi connectivity index (χ0v) is 20.2. The van der Waals surface area contributed by atoms with Crippen LogP contribution in [0.1, 0.15) is 80.8 Å². The van der Waals surface area contributed by atoms with Crippen LogP contribution >= 0.6 is 0 Å². The van der Waals surface area contributed by atoms with E-state index in [0.717, 1.165) is 54.8 Å². The van der Waals surface area contributed by atoms with E-state index in [2.05, 4.69) is 32.2 Å². The number of rotatable bonds is 6. The average Bonchev–Trinajstić information content (AvgIpc) is 2.79. The summed E-state index contributed by atoms with van der Waals surface area (Å²) in [7, 11) is 1.64. The monoisotopic (exact) mass is 446 g/mol. The summed E-state index contributed by atoms with van der Waals surface area (Å²) in [6, 6.07) is 13.2. The molecule has 1 amide bonds. The quantitative estimate of drug-likeness (QED) is 0.553. The average molecular weight is 447 g/mol. The first-order valence-electron chi connectivity index (χ1n) is 11.9. The van der Waals surface area contributed by atoms with Gasteiger partial charge in [-0.15, -0.1) is 0 Å². The fraction of sp³-hybridized carbons (Fsp3) is 0.464. The minimum atomic E-state index is -0.298. The van der Waals surface area contributed by atoms with Crippen LogP contribution in [-0.4, -0.2) is 30.1 Å². The molecule has 33 heavy (non-hydrogen) atoms. The zero-order valence-electron chi connectivity index (χ0n) is 20.2. The molecule has 0 atom stereocenters. The number of ketones is 1. The Morgan fingerprint density at radius 1 is 1.00 bits per heavy atom. The van der Waals surface area contributed by atoms with E-state index in [1.807, 2.05) is 24.3 Å². The Hall–Kier alpha value is -2.95. The van der Waals surface area contributed by atoms with Crippen molar-refractivity contribution in [1.29, 1.82) is 0 Å². The molecule has 1 aliphatic carbocycles. The molecule has 2 aromatic carbocycles. The highest BCUT2D eigenvalue weighted by Gasteiger charge is 2.34. The molecule has 2 aromatic rings. The van der Waals surface area contributed by atoms with Crippen molar-refractivity contribution >= 4 is 23.1 Å². The lowest BCUT2D eigenvalue weighted by molar-refractivity contribution is -0.126. The van der Waals surface area contributed by atoms with Crippen LogP contribution < -0.4 is 10.1 Å². The van der Waals surface area contributed by atoms with E-state index < -0.39 is 0 Å². The summed E-state index contributed by atoms with van der Waals surface area (Å²) < 4.78 is 5.39. The van der Waals surface area contributed by atoms with Gasteiger partial charge in [-0.2, -0.15) is 0 Å². The molecule has 5 nitrogen and oxygen atoms in total. The molecule has 1 heterocycles. The van der Waals surface area contributed by atoms with Crippen LogP contribution in [0.3, 0.4) is 0 Å². The molecular formula is C28H34N2O3. The number of anilines is 1.